The van der Waals surface area contributed by atoms with E-state index in [1.807, 2.05) is 6.92 Å². The minimum atomic E-state index is -0.958. The van der Waals surface area contributed by atoms with Crippen molar-refractivity contribution in [1.82, 2.24) is 9.80 Å². The highest BCUT2D eigenvalue weighted by atomic mass is 16.4. The number of hydrogen-bond acceptors (Lipinski definition) is 2. The minimum Gasteiger partial charge on any atom is -0.480 e. The zero-order chi connectivity index (χ0) is 12.1. The number of nitrogens with zero attached hydrogens (tertiary/aromatic N) is 2. The highest BCUT2D eigenvalue weighted by molar-refractivity contribution is 5.80. The fourth-order valence-corrected chi connectivity index (χ4v) is 2.04. The van der Waals surface area contributed by atoms with E-state index in [0.717, 1.165) is 25.8 Å². The molecule has 2 amide bonds. The zero-order valence-electron chi connectivity index (χ0n) is 9.98. The van der Waals surface area contributed by atoms with Crippen LogP contribution in [-0.4, -0.2) is 52.6 Å². The molecule has 1 fully saturated rings. The van der Waals surface area contributed by atoms with E-state index in [-0.39, 0.29) is 18.6 Å². The fourth-order valence-electron chi connectivity index (χ4n) is 2.04. The Hall–Kier alpha value is -1.26. The van der Waals surface area contributed by atoms with Crippen LogP contribution in [0.15, 0.2) is 0 Å². The van der Waals surface area contributed by atoms with E-state index in [0.29, 0.717) is 6.54 Å². The highest BCUT2D eigenvalue weighted by Crippen LogP contribution is 2.17. The van der Waals surface area contributed by atoms with Crippen LogP contribution in [-0.2, 0) is 4.79 Å². The minimum absolute atomic E-state index is 0.142. The molecule has 0 radical (unpaired) electrons. The van der Waals surface area contributed by atoms with Gasteiger partial charge in [0.1, 0.15) is 6.54 Å². The number of amides is 2. The van der Waals surface area contributed by atoms with E-state index in [4.69, 9.17) is 5.11 Å². The summed E-state index contributed by atoms with van der Waals surface area (Å²) in [5, 5.41) is 8.72. The molecule has 1 saturated heterocycles. The molecule has 0 aromatic rings. The van der Waals surface area contributed by atoms with Crippen molar-refractivity contribution in [2.75, 3.05) is 19.6 Å². The summed E-state index contributed by atoms with van der Waals surface area (Å²) < 4.78 is 0. The molecule has 1 aliphatic rings. The summed E-state index contributed by atoms with van der Waals surface area (Å²) in [5.41, 5.74) is 0. The quantitative estimate of drug-likeness (QED) is 0.794. The van der Waals surface area contributed by atoms with E-state index in [1.54, 1.807) is 11.8 Å². The Morgan fingerprint density at radius 1 is 1.44 bits per heavy atom. The Morgan fingerprint density at radius 3 is 2.62 bits per heavy atom. The molecule has 0 aliphatic carbocycles. The second-order valence-electron chi connectivity index (χ2n) is 4.23. The Morgan fingerprint density at radius 2 is 2.12 bits per heavy atom. The second-order valence-corrected chi connectivity index (χ2v) is 4.23. The van der Waals surface area contributed by atoms with Gasteiger partial charge in [-0.2, -0.15) is 0 Å². The van der Waals surface area contributed by atoms with Crippen molar-refractivity contribution in [2.24, 2.45) is 0 Å². The maximum absolute atomic E-state index is 12.1. The zero-order valence-corrected chi connectivity index (χ0v) is 9.98. The van der Waals surface area contributed by atoms with Crippen LogP contribution >= 0.6 is 0 Å². The molecule has 0 aromatic heterocycles. The smallest absolute Gasteiger partial charge is 0.323 e. The third-order valence-electron chi connectivity index (χ3n) is 3.03. The van der Waals surface area contributed by atoms with Crippen LogP contribution in [0.1, 0.15) is 33.1 Å². The third-order valence-corrected chi connectivity index (χ3v) is 3.03. The molecule has 1 heterocycles. The lowest BCUT2D eigenvalue weighted by Crippen LogP contribution is -2.50. The van der Waals surface area contributed by atoms with Gasteiger partial charge < -0.3 is 14.9 Å². The second kappa shape index (κ2) is 5.72. The number of carboxylic acid groups (broad SMARTS) is 1. The molecular formula is C11H20N2O3. The largest absolute Gasteiger partial charge is 0.480 e. The van der Waals surface area contributed by atoms with Gasteiger partial charge in [-0.15, -0.1) is 0 Å². The molecule has 0 spiro atoms. The van der Waals surface area contributed by atoms with Crippen molar-refractivity contribution in [3.05, 3.63) is 0 Å². The van der Waals surface area contributed by atoms with Gasteiger partial charge in [0.15, 0.2) is 0 Å². The SMILES string of the molecule is CCN(CC(=O)O)C(=O)N1CCCCC1C. The van der Waals surface area contributed by atoms with Crippen LogP contribution < -0.4 is 0 Å². The Labute approximate surface area is 96.0 Å². The molecule has 0 saturated carbocycles. The standard InChI is InChI=1S/C11H20N2O3/c1-3-12(8-10(14)15)11(16)13-7-5-4-6-9(13)2/h9H,3-8H2,1-2H3,(H,14,15). The molecule has 1 atom stereocenters. The number of rotatable bonds is 3. The van der Waals surface area contributed by atoms with E-state index in [1.165, 1.54) is 4.90 Å². The number of carbonyl (C=O) groups excluding carboxylic acids is 1. The Balaban J connectivity index is 2.62. The van der Waals surface area contributed by atoms with E-state index in [2.05, 4.69) is 0 Å². The number of carboxylic acids is 1. The molecule has 92 valence electrons. The molecule has 1 aliphatic heterocycles. The summed E-state index contributed by atoms with van der Waals surface area (Å²) in [6, 6.07) is 0.0844. The normalized spacial score (nSPS) is 20.6. The molecule has 0 bridgehead atoms. The number of hydrogen-bond donors (Lipinski definition) is 1. The average molecular weight is 228 g/mol. The van der Waals surface area contributed by atoms with Crippen molar-refractivity contribution in [3.8, 4) is 0 Å². The monoisotopic (exact) mass is 228 g/mol. The molecule has 0 aromatic carbocycles. The van der Waals surface area contributed by atoms with Crippen molar-refractivity contribution in [2.45, 2.75) is 39.2 Å². The van der Waals surface area contributed by atoms with Crippen LogP contribution in [0, 0.1) is 0 Å². The van der Waals surface area contributed by atoms with Gasteiger partial charge in [0.25, 0.3) is 0 Å². The number of likely N-dealkylation sites (tertiary alicyclic amines) is 1. The summed E-state index contributed by atoms with van der Waals surface area (Å²) in [7, 11) is 0. The summed E-state index contributed by atoms with van der Waals surface area (Å²) in [6.45, 7) is 4.80. The van der Waals surface area contributed by atoms with Crippen molar-refractivity contribution >= 4 is 12.0 Å². The lowest BCUT2D eigenvalue weighted by Gasteiger charge is -2.36. The van der Waals surface area contributed by atoms with Crippen LogP contribution in [0.3, 0.4) is 0 Å². The van der Waals surface area contributed by atoms with Gasteiger partial charge in [-0.1, -0.05) is 0 Å². The number of carbonyl (C=O) groups is 2. The third kappa shape index (κ3) is 3.12. The summed E-state index contributed by atoms with van der Waals surface area (Å²) in [4.78, 5) is 25.9. The van der Waals surface area contributed by atoms with Gasteiger partial charge in [-0.05, 0) is 33.1 Å². The van der Waals surface area contributed by atoms with Crippen LogP contribution in [0.2, 0.25) is 0 Å². The molecule has 1 N–H and O–H groups in total. The van der Waals surface area contributed by atoms with Gasteiger partial charge in [0.05, 0.1) is 0 Å². The van der Waals surface area contributed by atoms with E-state index in [9.17, 15) is 9.59 Å². The predicted molar refractivity (Wildman–Crippen MR) is 60.3 cm³/mol. The van der Waals surface area contributed by atoms with Gasteiger partial charge in [-0.25, -0.2) is 4.79 Å². The van der Waals surface area contributed by atoms with Crippen LogP contribution in [0.25, 0.3) is 0 Å². The molecule has 5 nitrogen and oxygen atoms in total. The first kappa shape index (κ1) is 12.8. The van der Waals surface area contributed by atoms with Crippen molar-refractivity contribution < 1.29 is 14.7 Å². The number of likely N-dealkylation sites (N-methyl/N-ethyl adjacent to an activating group) is 1. The van der Waals surface area contributed by atoms with Gasteiger partial charge in [0, 0.05) is 19.1 Å². The van der Waals surface area contributed by atoms with Crippen molar-refractivity contribution in [3.63, 3.8) is 0 Å². The van der Waals surface area contributed by atoms with Gasteiger partial charge in [0.2, 0.25) is 0 Å². The molecule has 16 heavy (non-hydrogen) atoms. The van der Waals surface area contributed by atoms with E-state index < -0.39 is 5.97 Å². The summed E-state index contributed by atoms with van der Waals surface area (Å²) in [5.74, 6) is -0.958. The van der Waals surface area contributed by atoms with Crippen molar-refractivity contribution in [1.29, 1.82) is 0 Å². The van der Waals surface area contributed by atoms with Gasteiger partial charge >= 0.3 is 12.0 Å². The number of aliphatic carboxylic acids is 1. The average Bonchev–Trinajstić information content (AvgIpc) is 2.25. The maximum atomic E-state index is 12.1. The van der Waals surface area contributed by atoms with Crippen LogP contribution in [0.4, 0.5) is 4.79 Å². The molecule has 5 heteroatoms. The molecular weight excluding hydrogens is 208 g/mol. The maximum Gasteiger partial charge on any atom is 0.323 e. The summed E-state index contributed by atoms with van der Waals surface area (Å²) in [6.07, 6.45) is 3.17. The predicted octanol–water partition coefficient (Wildman–Crippen LogP) is 1.39. The fraction of sp³-hybridized carbons (Fsp3) is 0.818. The number of piperidine rings is 1. The topological polar surface area (TPSA) is 60.9 Å². The first-order chi connectivity index (χ1) is 7.56. The van der Waals surface area contributed by atoms with Crippen LogP contribution in [0.5, 0.6) is 0 Å². The lowest BCUT2D eigenvalue weighted by molar-refractivity contribution is -0.137. The highest BCUT2D eigenvalue weighted by Gasteiger charge is 2.27. The van der Waals surface area contributed by atoms with Gasteiger partial charge in [-0.3, -0.25) is 4.79 Å². The Kier molecular flexibility index (Phi) is 4.58. The first-order valence-corrected chi connectivity index (χ1v) is 5.83. The molecule has 1 rings (SSSR count). The Bertz CT molecular complexity index is 268. The van der Waals surface area contributed by atoms with E-state index >= 15 is 0 Å². The first-order valence-electron chi connectivity index (χ1n) is 5.83. The number of urea groups is 1. The lowest BCUT2D eigenvalue weighted by atomic mass is 10.0. The summed E-state index contributed by atoms with van der Waals surface area (Å²) >= 11 is 0. The molecule has 1 unspecified atom stereocenters.